The summed E-state index contributed by atoms with van der Waals surface area (Å²) in [4.78, 5) is 13.3. The van der Waals surface area contributed by atoms with Crippen LogP contribution >= 0.6 is 11.6 Å². The van der Waals surface area contributed by atoms with Crippen molar-refractivity contribution in [3.05, 3.63) is 69.9 Å². The van der Waals surface area contributed by atoms with Crippen LogP contribution in [0, 0.1) is 11.7 Å². The lowest BCUT2D eigenvalue weighted by Crippen LogP contribution is -2.21. The van der Waals surface area contributed by atoms with Gasteiger partial charge in [-0.25, -0.2) is 8.99 Å². The quantitative estimate of drug-likeness (QED) is 0.415. The maximum atomic E-state index is 13.5. The highest BCUT2D eigenvalue weighted by Crippen LogP contribution is 2.36. The van der Waals surface area contributed by atoms with Gasteiger partial charge in [0.05, 0.1) is 9.73 Å². The minimum absolute atomic E-state index is 0.140. The first-order chi connectivity index (χ1) is 15.8. The highest BCUT2D eigenvalue weighted by Gasteiger charge is 2.38. The molecule has 1 unspecified atom stereocenters. The predicted molar refractivity (Wildman–Crippen MR) is 122 cm³/mol. The number of aromatic nitrogens is 2. The Morgan fingerprint density at radius 2 is 1.91 bits per heavy atom. The summed E-state index contributed by atoms with van der Waals surface area (Å²) in [6.45, 7) is 2.93. The van der Waals surface area contributed by atoms with Crippen LogP contribution in [0.25, 0.3) is 0 Å². The number of hydrogen-bond donors (Lipinski definition) is 2. The molecule has 3 rings (SSSR count). The van der Waals surface area contributed by atoms with Crippen LogP contribution in [0.15, 0.2) is 47.4 Å². The zero-order chi connectivity index (χ0) is 25.3. The highest BCUT2D eigenvalue weighted by atomic mass is 35.5. The summed E-state index contributed by atoms with van der Waals surface area (Å²) in [7, 11) is -3.08. The van der Waals surface area contributed by atoms with Crippen LogP contribution in [0.5, 0.6) is 11.6 Å². The Morgan fingerprint density at radius 1 is 1.21 bits per heavy atom. The van der Waals surface area contributed by atoms with Gasteiger partial charge in [-0.05, 0) is 60.9 Å². The number of alkyl halides is 3. The number of amides is 1. The lowest BCUT2D eigenvalue weighted by atomic mass is 10.1. The first-order valence-electron chi connectivity index (χ1n) is 9.87. The van der Waals surface area contributed by atoms with Gasteiger partial charge in [-0.15, -0.1) is 10.2 Å². The minimum atomic E-state index is -4.85. The van der Waals surface area contributed by atoms with E-state index >= 15 is 0 Å². The van der Waals surface area contributed by atoms with Gasteiger partial charge in [0.1, 0.15) is 11.3 Å². The van der Waals surface area contributed by atoms with Gasteiger partial charge in [0.15, 0.2) is 5.69 Å². The average Bonchev–Trinajstić information content (AvgIpc) is 2.73. The SMILES string of the molecule is CCc1cc(Cl)ccc1Oc1nnc(C(F)(F)F)c(C)c1C(=O)Nc1cccc(S(C)(=N)=O)c1. The van der Waals surface area contributed by atoms with E-state index in [-0.39, 0.29) is 16.3 Å². The van der Waals surface area contributed by atoms with E-state index in [1.807, 2.05) is 6.92 Å². The zero-order valence-corrected chi connectivity index (χ0v) is 19.9. The Kier molecular flexibility index (Phi) is 7.18. The Bertz CT molecular complexity index is 1360. The molecule has 34 heavy (non-hydrogen) atoms. The molecule has 0 spiro atoms. The number of anilines is 1. The van der Waals surface area contributed by atoms with Gasteiger partial charge in [-0.3, -0.25) is 4.79 Å². The van der Waals surface area contributed by atoms with E-state index in [1.165, 1.54) is 42.7 Å². The van der Waals surface area contributed by atoms with E-state index < -0.39 is 44.5 Å². The molecule has 1 atom stereocenters. The number of benzene rings is 2. The summed E-state index contributed by atoms with van der Waals surface area (Å²) in [6, 6.07) is 10.4. The third-order valence-corrected chi connectivity index (χ3v) is 6.22. The topological polar surface area (TPSA) is 105 Å². The van der Waals surface area contributed by atoms with Gasteiger partial charge >= 0.3 is 6.18 Å². The number of hydrogen-bond acceptors (Lipinski definition) is 6. The Balaban J connectivity index is 2.09. The van der Waals surface area contributed by atoms with Gasteiger partial charge < -0.3 is 10.1 Å². The second-order valence-corrected chi connectivity index (χ2v) is 9.98. The molecule has 0 fully saturated rings. The van der Waals surface area contributed by atoms with Gasteiger partial charge in [0, 0.05) is 21.9 Å². The van der Waals surface area contributed by atoms with E-state index in [4.69, 9.17) is 21.1 Å². The van der Waals surface area contributed by atoms with Crippen LogP contribution in [-0.4, -0.2) is 26.6 Å². The van der Waals surface area contributed by atoms with Crippen molar-refractivity contribution in [1.82, 2.24) is 10.2 Å². The molecule has 12 heteroatoms. The smallest absolute Gasteiger partial charge is 0.435 e. The van der Waals surface area contributed by atoms with E-state index in [0.717, 1.165) is 6.92 Å². The summed E-state index contributed by atoms with van der Waals surface area (Å²) < 4.78 is 65.9. The normalized spacial score (nSPS) is 13.3. The predicted octanol–water partition coefficient (Wildman–Crippen LogP) is 6.10. The second kappa shape index (κ2) is 9.59. The first-order valence-corrected chi connectivity index (χ1v) is 12.2. The minimum Gasteiger partial charge on any atom is -0.437 e. The van der Waals surface area contributed by atoms with E-state index in [0.29, 0.717) is 17.0 Å². The molecule has 1 aromatic heterocycles. The van der Waals surface area contributed by atoms with Crippen LogP contribution in [0.4, 0.5) is 18.9 Å². The number of carbonyl (C=O) groups is 1. The maximum absolute atomic E-state index is 13.5. The maximum Gasteiger partial charge on any atom is 0.435 e. The molecular weight excluding hydrogens is 493 g/mol. The molecular formula is C22H20ClF3N4O3S. The fraction of sp³-hybridized carbons (Fsp3) is 0.227. The van der Waals surface area contributed by atoms with Crippen molar-refractivity contribution in [3.8, 4) is 11.6 Å². The Morgan fingerprint density at radius 3 is 2.53 bits per heavy atom. The lowest BCUT2D eigenvalue weighted by Gasteiger charge is -2.17. The molecule has 180 valence electrons. The summed E-state index contributed by atoms with van der Waals surface area (Å²) in [5.74, 6) is -1.10. The van der Waals surface area contributed by atoms with Crippen molar-refractivity contribution in [1.29, 1.82) is 4.78 Å². The van der Waals surface area contributed by atoms with Crippen molar-refractivity contribution in [2.24, 2.45) is 0 Å². The van der Waals surface area contributed by atoms with Crippen molar-refractivity contribution in [2.45, 2.75) is 31.3 Å². The fourth-order valence-corrected chi connectivity index (χ4v) is 4.03. The standard InChI is InChI=1S/C22H20ClF3N4O3S/c1-4-13-10-14(23)8-9-17(13)33-21-18(12(2)19(29-30-21)22(24,25)26)20(31)28-15-6-5-7-16(11-15)34(3,27)32/h5-11,27H,4H2,1-3H3,(H,28,31). The van der Waals surface area contributed by atoms with Gasteiger partial charge in [-0.2, -0.15) is 13.2 Å². The second-order valence-electron chi connectivity index (χ2n) is 7.38. The van der Waals surface area contributed by atoms with Crippen molar-refractivity contribution < 1.29 is 26.9 Å². The summed E-state index contributed by atoms with van der Waals surface area (Å²) in [5.41, 5.74) is -1.47. The van der Waals surface area contributed by atoms with E-state index in [2.05, 4.69) is 15.5 Å². The summed E-state index contributed by atoms with van der Waals surface area (Å²) in [5, 5.41) is 9.72. The third kappa shape index (κ3) is 5.65. The van der Waals surface area contributed by atoms with Crippen molar-refractivity contribution in [2.75, 3.05) is 11.6 Å². The number of aryl methyl sites for hydroxylation is 1. The number of nitrogens with zero attached hydrogens (tertiary/aromatic N) is 2. The molecule has 0 saturated heterocycles. The molecule has 0 bridgehead atoms. The number of halogens is 4. The van der Waals surface area contributed by atoms with Crippen LogP contribution in [-0.2, 0) is 22.3 Å². The molecule has 1 amide bonds. The highest BCUT2D eigenvalue weighted by molar-refractivity contribution is 7.91. The molecule has 2 N–H and O–H groups in total. The summed E-state index contributed by atoms with van der Waals surface area (Å²) >= 11 is 6.00. The molecule has 0 aliphatic heterocycles. The molecule has 3 aromatic rings. The molecule has 7 nitrogen and oxygen atoms in total. The Hall–Kier alpha value is -3.18. The number of rotatable bonds is 6. The molecule has 0 aliphatic carbocycles. The van der Waals surface area contributed by atoms with Gasteiger partial charge in [0.25, 0.3) is 11.8 Å². The fourth-order valence-electron chi connectivity index (χ4n) is 3.15. The van der Waals surface area contributed by atoms with Crippen molar-refractivity contribution >= 4 is 32.9 Å². The third-order valence-electron chi connectivity index (χ3n) is 4.83. The zero-order valence-electron chi connectivity index (χ0n) is 18.3. The van der Waals surface area contributed by atoms with Gasteiger partial charge in [-0.1, -0.05) is 24.6 Å². The monoisotopic (exact) mass is 512 g/mol. The molecule has 0 radical (unpaired) electrons. The Labute approximate surface area is 199 Å². The van der Waals surface area contributed by atoms with Crippen LogP contribution in [0.2, 0.25) is 5.02 Å². The van der Waals surface area contributed by atoms with E-state index in [9.17, 15) is 22.2 Å². The average molecular weight is 513 g/mol. The largest absolute Gasteiger partial charge is 0.437 e. The lowest BCUT2D eigenvalue weighted by molar-refractivity contribution is -0.142. The van der Waals surface area contributed by atoms with Gasteiger partial charge in [0.2, 0.25) is 0 Å². The number of ether oxygens (including phenoxy) is 1. The van der Waals surface area contributed by atoms with Crippen LogP contribution in [0.3, 0.4) is 0 Å². The number of carbonyl (C=O) groups excluding carboxylic acids is 1. The van der Waals surface area contributed by atoms with Crippen LogP contribution in [0.1, 0.15) is 34.1 Å². The molecule has 2 aromatic carbocycles. The molecule has 1 heterocycles. The van der Waals surface area contributed by atoms with Crippen molar-refractivity contribution in [3.63, 3.8) is 0 Å². The molecule has 0 saturated carbocycles. The first kappa shape index (κ1) is 25.4. The summed E-state index contributed by atoms with van der Waals surface area (Å²) in [6.07, 6.45) is -3.14. The van der Waals surface area contributed by atoms with Crippen LogP contribution < -0.4 is 10.1 Å². The number of nitrogens with one attached hydrogen (secondary N) is 2. The van der Waals surface area contributed by atoms with E-state index in [1.54, 1.807) is 6.07 Å². The molecule has 0 aliphatic rings.